The molecular formula is C9H19NO. The fourth-order valence-electron chi connectivity index (χ4n) is 1.63. The maximum absolute atomic E-state index is 9.45. The zero-order valence-corrected chi connectivity index (χ0v) is 7.75. The van der Waals surface area contributed by atoms with Crippen LogP contribution in [0.3, 0.4) is 0 Å². The summed E-state index contributed by atoms with van der Waals surface area (Å²) in [6.45, 7) is 8.66. The highest BCUT2D eigenvalue weighted by molar-refractivity contribution is 4.78. The monoisotopic (exact) mass is 157 g/mol. The van der Waals surface area contributed by atoms with Crippen molar-refractivity contribution in [2.24, 2.45) is 5.92 Å². The summed E-state index contributed by atoms with van der Waals surface area (Å²) in [5.74, 6) is 0.450. The van der Waals surface area contributed by atoms with E-state index < -0.39 is 0 Å². The number of aliphatic hydroxyl groups is 1. The van der Waals surface area contributed by atoms with Gasteiger partial charge in [-0.25, -0.2) is 0 Å². The molecule has 1 rings (SSSR count). The molecule has 2 heteroatoms. The van der Waals surface area contributed by atoms with Gasteiger partial charge in [0.25, 0.3) is 0 Å². The van der Waals surface area contributed by atoms with Gasteiger partial charge in [-0.1, -0.05) is 6.92 Å². The van der Waals surface area contributed by atoms with Crippen molar-refractivity contribution in [2.75, 3.05) is 13.1 Å². The van der Waals surface area contributed by atoms with Gasteiger partial charge in [0, 0.05) is 19.1 Å². The number of aliphatic hydroxyl groups excluding tert-OH is 1. The van der Waals surface area contributed by atoms with Crippen molar-refractivity contribution < 1.29 is 5.11 Å². The maximum Gasteiger partial charge on any atom is 0.0590 e. The van der Waals surface area contributed by atoms with Crippen molar-refractivity contribution in [3.63, 3.8) is 0 Å². The van der Waals surface area contributed by atoms with Gasteiger partial charge >= 0.3 is 0 Å². The molecule has 66 valence electrons. The smallest absolute Gasteiger partial charge is 0.0590 e. The van der Waals surface area contributed by atoms with E-state index in [1.165, 1.54) is 0 Å². The molecule has 11 heavy (non-hydrogen) atoms. The highest BCUT2D eigenvalue weighted by Gasteiger charge is 2.24. The van der Waals surface area contributed by atoms with E-state index in [9.17, 15) is 5.11 Å². The Labute approximate surface area is 69.2 Å². The van der Waals surface area contributed by atoms with Crippen molar-refractivity contribution in [1.82, 2.24) is 4.90 Å². The lowest BCUT2D eigenvalue weighted by Crippen LogP contribution is -2.44. The second kappa shape index (κ2) is 3.55. The molecule has 2 atom stereocenters. The molecule has 0 saturated carbocycles. The first kappa shape index (κ1) is 9.01. The molecule has 0 aliphatic carbocycles. The predicted molar refractivity (Wildman–Crippen MR) is 46.5 cm³/mol. The Morgan fingerprint density at radius 2 is 2.09 bits per heavy atom. The number of hydrogen-bond acceptors (Lipinski definition) is 2. The molecular weight excluding hydrogens is 138 g/mol. The third-order valence-electron chi connectivity index (χ3n) is 2.62. The van der Waals surface area contributed by atoms with Gasteiger partial charge in [0.15, 0.2) is 0 Å². The van der Waals surface area contributed by atoms with Crippen LogP contribution < -0.4 is 0 Å². The second-order valence-corrected chi connectivity index (χ2v) is 3.92. The van der Waals surface area contributed by atoms with E-state index in [1.54, 1.807) is 0 Å². The highest BCUT2D eigenvalue weighted by Crippen LogP contribution is 2.17. The van der Waals surface area contributed by atoms with Crippen LogP contribution in [0.4, 0.5) is 0 Å². The second-order valence-electron chi connectivity index (χ2n) is 3.92. The Hall–Kier alpha value is -0.0800. The predicted octanol–water partition coefficient (Wildman–Crippen LogP) is 1.10. The molecule has 1 aliphatic heterocycles. The Kier molecular flexibility index (Phi) is 2.90. The lowest BCUT2D eigenvalue weighted by molar-refractivity contribution is 0.0233. The maximum atomic E-state index is 9.45. The van der Waals surface area contributed by atoms with Crippen molar-refractivity contribution in [2.45, 2.75) is 39.3 Å². The number of piperidine rings is 1. The van der Waals surface area contributed by atoms with E-state index in [0.717, 1.165) is 19.5 Å². The van der Waals surface area contributed by atoms with Crippen LogP contribution in [0.2, 0.25) is 0 Å². The normalized spacial score (nSPS) is 34.6. The minimum absolute atomic E-state index is 0.0648. The Morgan fingerprint density at radius 1 is 1.45 bits per heavy atom. The summed E-state index contributed by atoms with van der Waals surface area (Å²) in [6.07, 6.45) is 0.879. The molecule has 1 fully saturated rings. The highest BCUT2D eigenvalue weighted by atomic mass is 16.3. The minimum Gasteiger partial charge on any atom is -0.393 e. The zero-order chi connectivity index (χ0) is 8.43. The van der Waals surface area contributed by atoms with Crippen LogP contribution in [-0.2, 0) is 0 Å². The number of hydrogen-bond donors (Lipinski definition) is 1. The van der Waals surface area contributed by atoms with Crippen molar-refractivity contribution in [3.05, 3.63) is 0 Å². The van der Waals surface area contributed by atoms with Gasteiger partial charge in [-0.3, -0.25) is 0 Å². The molecule has 0 aromatic heterocycles. The van der Waals surface area contributed by atoms with Gasteiger partial charge in [0.2, 0.25) is 0 Å². The minimum atomic E-state index is -0.0648. The van der Waals surface area contributed by atoms with E-state index in [0.29, 0.717) is 12.0 Å². The SMILES string of the molecule is CC1CN(C(C)C)CCC1O. The van der Waals surface area contributed by atoms with Crippen LogP contribution in [0.1, 0.15) is 27.2 Å². The Bertz CT molecular complexity index is 125. The summed E-state index contributed by atoms with van der Waals surface area (Å²) in [6, 6.07) is 0.630. The average molecular weight is 157 g/mol. The summed E-state index contributed by atoms with van der Waals surface area (Å²) in [5, 5.41) is 9.45. The van der Waals surface area contributed by atoms with Crippen molar-refractivity contribution in [3.8, 4) is 0 Å². The molecule has 1 N–H and O–H groups in total. The molecule has 0 radical (unpaired) electrons. The fourth-order valence-corrected chi connectivity index (χ4v) is 1.63. The first-order chi connectivity index (χ1) is 5.11. The summed E-state index contributed by atoms with van der Waals surface area (Å²) in [7, 11) is 0. The molecule has 2 nitrogen and oxygen atoms in total. The van der Waals surface area contributed by atoms with Crippen LogP contribution >= 0.6 is 0 Å². The Balaban J connectivity index is 2.40. The molecule has 0 aromatic carbocycles. The Morgan fingerprint density at radius 3 is 2.55 bits per heavy atom. The summed E-state index contributed by atoms with van der Waals surface area (Å²) >= 11 is 0. The first-order valence-electron chi connectivity index (χ1n) is 4.53. The van der Waals surface area contributed by atoms with Crippen LogP contribution in [-0.4, -0.2) is 35.2 Å². The van der Waals surface area contributed by atoms with Gasteiger partial charge in [-0.2, -0.15) is 0 Å². The average Bonchev–Trinajstić information content (AvgIpc) is 1.94. The lowest BCUT2D eigenvalue weighted by Gasteiger charge is -2.36. The van der Waals surface area contributed by atoms with E-state index in [4.69, 9.17) is 0 Å². The van der Waals surface area contributed by atoms with E-state index in [-0.39, 0.29) is 6.10 Å². The number of likely N-dealkylation sites (tertiary alicyclic amines) is 1. The van der Waals surface area contributed by atoms with Gasteiger partial charge in [0.1, 0.15) is 0 Å². The molecule has 0 spiro atoms. The van der Waals surface area contributed by atoms with Gasteiger partial charge in [0.05, 0.1) is 6.10 Å². The molecule has 1 saturated heterocycles. The van der Waals surface area contributed by atoms with Crippen LogP contribution in [0.5, 0.6) is 0 Å². The molecule has 1 heterocycles. The standard InChI is InChI=1S/C9H19NO/c1-7(2)10-5-4-9(11)8(3)6-10/h7-9,11H,4-6H2,1-3H3. The third-order valence-corrected chi connectivity index (χ3v) is 2.62. The van der Waals surface area contributed by atoms with E-state index in [1.807, 2.05) is 0 Å². The quantitative estimate of drug-likeness (QED) is 0.616. The van der Waals surface area contributed by atoms with Gasteiger partial charge in [-0.05, 0) is 26.2 Å². The zero-order valence-electron chi connectivity index (χ0n) is 7.75. The van der Waals surface area contributed by atoms with Gasteiger partial charge in [-0.15, -0.1) is 0 Å². The van der Waals surface area contributed by atoms with Crippen LogP contribution in [0, 0.1) is 5.92 Å². The summed E-state index contributed by atoms with van der Waals surface area (Å²) in [4.78, 5) is 2.43. The summed E-state index contributed by atoms with van der Waals surface area (Å²) < 4.78 is 0. The fraction of sp³-hybridized carbons (Fsp3) is 1.00. The molecule has 0 bridgehead atoms. The molecule has 1 aliphatic rings. The van der Waals surface area contributed by atoms with Crippen LogP contribution in [0.15, 0.2) is 0 Å². The molecule has 0 aromatic rings. The van der Waals surface area contributed by atoms with Crippen molar-refractivity contribution >= 4 is 0 Å². The topological polar surface area (TPSA) is 23.5 Å². The molecule has 2 unspecified atom stereocenters. The lowest BCUT2D eigenvalue weighted by atomic mass is 9.96. The third kappa shape index (κ3) is 2.17. The van der Waals surface area contributed by atoms with Crippen molar-refractivity contribution in [1.29, 1.82) is 0 Å². The van der Waals surface area contributed by atoms with Gasteiger partial charge < -0.3 is 10.0 Å². The van der Waals surface area contributed by atoms with E-state index >= 15 is 0 Å². The number of rotatable bonds is 1. The van der Waals surface area contributed by atoms with Crippen LogP contribution in [0.25, 0.3) is 0 Å². The van der Waals surface area contributed by atoms with E-state index in [2.05, 4.69) is 25.7 Å². The first-order valence-corrected chi connectivity index (χ1v) is 4.53. The number of nitrogens with zero attached hydrogens (tertiary/aromatic N) is 1. The largest absolute Gasteiger partial charge is 0.393 e. The summed E-state index contributed by atoms with van der Waals surface area (Å²) in [5.41, 5.74) is 0. The molecule has 0 amide bonds.